The van der Waals surface area contributed by atoms with Gasteiger partial charge in [0.25, 0.3) is 10.0 Å². The number of fused-ring (bicyclic) bond motifs is 1. The zero-order valence-electron chi connectivity index (χ0n) is 11.3. The van der Waals surface area contributed by atoms with Crippen LogP contribution in [0.3, 0.4) is 0 Å². The molecule has 0 spiro atoms. The van der Waals surface area contributed by atoms with E-state index in [0.717, 1.165) is 11.6 Å². The minimum atomic E-state index is -3.80. The molecule has 2 N–H and O–H groups in total. The molecule has 1 heterocycles. The standard InChI is InChI=1S/C15H15FN2O2S/c16-13-6-5-12(10-17)15(9-13)21(19,20)18-8-7-11-3-1-2-4-14(11)18/h1-6,9H,7-8,10,17H2. The number of anilines is 1. The average molecular weight is 306 g/mol. The summed E-state index contributed by atoms with van der Waals surface area (Å²) in [5.74, 6) is -0.585. The van der Waals surface area contributed by atoms with Gasteiger partial charge in [0, 0.05) is 13.1 Å². The Labute approximate surface area is 123 Å². The number of halogens is 1. The maximum absolute atomic E-state index is 13.5. The zero-order chi connectivity index (χ0) is 15.0. The molecule has 4 nitrogen and oxygen atoms in total. The fraction of sp³-hybridized carbons (Fsp3) is 0.200. The lowest BCUT2D eigenvalue weighted by Crippen LogP contribution is -2.30. The number of para-hydroxylation sites is 1. The molecule has 0 bridgehead atoms. The highest BCUT2D eigenvalue weighted by molar-refractivity contribution is 7.93. The number of hydrogen-bond donors (Lipinski definition) is 1. The van der Waals surface area contributed by atoms with Crippen LogP contribution in [-0.2, 0) is 23.0 Å². The first-order valence-electron chi connectivity index (χ1n) is 6.63. The van der Waals surface area contributed by atoms with E-state index in [2.05, 4.69) is 0 Å². The highest BCUT2D eigenvalue weighted by Gasteiger charge is 2.32. The van der Waals surface area contributed by atoms with Crippen molar-refractivity contribution < 1.29 is 12.8 Å². The van der Waals surface area contributed by atoms with Crippen molar-refractivity contribution in [3.05, 3.63) is 59.4 Å². The lowest BCUT2D eigenvalue weighted by molar-refractivity contribution is 0.585. The smallest absolute Gasteiger partial charge is 0.264 e. The van der Waals surface area contributed by atoms with Crippen molar-refractivity contribution in [2.45, 2.75) is 17.9 Å². The largest absolute Gasteiger partial charge is 0.326 e. The Morgan fingerprint density at radius 1 is 1.19 bits per heavy atom. The molecule has 0 aromatic heterocycles. The van der Waals surface area contributed by atoms with E-state index in [4.69, 9.17) is 5.73 Å². The van der Waals surface area contributed by atoms with Gasteiger partial charge in [-0.25, -0.2) is 12.8 Å². The molecule has 21 heavy (non-hydrogen) atoms. The molecule has 2 aromatic carbocycles. The van der Waals surface area contributed by atoms with Crippen molar-refractivity contribution >= 4 is 15.7 Å². The van der Waals surface area contributed by atoms with Crippen LogP contribution in [0, 0.1) is 5.82 Å². The number of nitrogens with zero attached hydrogens (tertiary/aromatic N) is 1. The van der Waals surface area contributed by atoms with Crippen LogP contribution in [0.1, 0.15) is 11.1 Å². The zero-order valence-corrected chi connectivity index (χ0v) is 12.1. The van der Waals surface area contributed by atoms with E-state index in [1.54, 1.807) is 12.1 Å². The van der Waals surface area contributed by atoms with Gasteiger partial charge in [-0.2, -0.15) is 0 Å². The Morgan fingerprint density at radius 3 is 2.71 bits per heavy atom. The molecule has 0 fully saturated rings. The third-order valence-corrected chi connectivity index (χ3v) is 5.56. The van der Waals surface area contributed by atoms with Gasteiger partial charge in [-0.05, 0) is 35.7 Å². The molecule has 110 valence electrons. The molecule has 1 aliphatic heterocycles. The highest BCUT2D eigenvalue weighted by Crippen LogP contribution is 2.33. The Hall–Kier alpha value is -1.92. The van der Waals surface area contributed by atoms with Crippen LogP contribution in [0.2, 0.25) is 0 Å². The van der Waals surface area contributed by atoms with Gasteiger partial charge < -0.3 is 5.73 Å². The molecule has 0 unspecified atom stereocenters. The molecule has 0 amide bonds. The summed E-state index contributed by atoms with van der Waals surface area (Å²) in [5.41, 5.74) is 7.64. The SMILES string of the molecule is NCc1ccc(F)cc1S(=O)(=O)N1CCc2ccccc21. The van der Waals surface area contributed by atoms with Crippen LogP contribution in [0.25, 0.3) is 0 Å². The van der Waals surface area contributed by atoms with Crippen LogP contribution in [0.4, 0.5) is 10.1 Å². The summed E-state index contributed by atoms with van der Waals surface area (Å²) in [6, 6.07) is 11.0. The van der Waals surface area contributed by atoms with E-state index in [9.17, 15) is 12.8 Å². The van der Waals surface area contributed by atoms with Crippen LogP contribution in [0.5, 0.6) is 0 Å². The topological polar surface area (TPSA) is 63.4 Å². The van der Waals surface area contributed by atoms with Gasteiger partial charge >= 0.3 is 0 Å². The highest BCUT2D eigenvalue weighted by atomic mass is 32.2. The molecule has 0 radical (unpaired) electrons. The van der Waals surface area contributed by atoms with Gasteiger partial charge in [-0.1, -0.05) is 24.3 Å². The first-order chi connectivity index (χ1) is 10.0. The summed E-state index contributed by atoms with van der Waals surface area (Å²) in [4.78, 5) is -0.0540. The predicted molar refractivity (Wildman–Crippen MR) is 79.0 cm³/mol. The van der Waals surface area contributed by atoms with Crippen LogP contribution in [-0.4, -0.2) is 15.0 Å². The van der Waals surface area contributed by atoms with Crippen molar-refractivity contribution in [3.63, 3.8) is 0 Å². The molecule has 1 aliphatic rings. The van der Waals surface area contributed by atoms with E-state index in [0.29, 0.717) is 24.2 Å². The third-order valence-electron chi connectivity index (χ3n) is 3.66. The maximum Gasteiger partial charge on any atom is 0.264 e. The molecule has 0 aliphatic carbocycles. The van der Waals surface area contributed by atoms with E-state index >= 15 is 0 Å². The Kier molecular flexibility index (Phi) is 3.43. The van der Waals surface area contributed by atoms with Crippen molar-refractivity contribution in [1.29, 1.82) is 0 Å². The molecular weight excluding hydrogens is 291 g/mol. The Balaban J connectivity index is 2.13. The first kappa shape index (κ1) is 14.0. The van der Waals surface area contributed by atoms with Crippen molar-refractivity contribution in [3.8, 4) is 0 Å². The normalized spacial score (nSPS) is 14.3. The maximum atomic E-state index is 13.5. The number of hydrogen-bond acceptors (Lipinski definition) is 3. The summed E-state index contributed by atoms with van der Waals surface area (Å²) in [5, 5.41) is 0. The number of benzene rings is 2. The number of sulfonamides is 1. The Morgan fingerprint density at radius 2 is 1.95 bits per heavy atom. The molecule has 0 saturated heterocycles. The van der Waals surface area contributed by atoms with Gasteiger partial charge in [0.15, 0.2) is 0 Å². The fourth-order valence-corrected chi connectivity index (χ4v) is 4.36. The minimum absolute atomic E-state index is 0.0460. The molecule has 2 aromatic rings. The summed E-state index contributed by atoms with van der Waals surface area (Å²) < 4.78 is 40.5. The Bertz CT molecular complexity index is 790. The second-order valence-corrected chi connectivity index (χ2v) is 6.74. The monoisotopic (exact) mass is 306 g/mol. The minimum Gasteiger partial charge on any atom is -0.326 e. The molecule has 0 saturated carbocycles. The fourth-order valence-electron chi connectivity index (χ4n) is 2.61. The lowest BCUT2D eigenvalue weighted by Gasteiger charge is -2.21. The molecule has 6 heteroatoms. The van der Waals surface area contributed by atoms with Crippen molar-refractivity contribution in [2.24, 2.45) is 5.73 Å². The van der Waals surface area contributed by atoms with Gasteiger partial charge in [0.2, 0.25) is 0 Å². The van der Waals surface area contributed by atoms with E-state index < -0.39 is 15.8 Å². The van der Waals surface area contributed by atoms with Gasteiger partial charge in [0.1, 0.15) is 5.82 Å². The average Bonchev–Trinajstić information content (AvgIpc) is 2.92. The predicted octanol–water partition coefficient (Wildman–Crippen LogP) is 2.04. The van der Waals surface area contributed by atoms with E-state index in [-0.39, 0.29) is 11.4 Å². The van der Waals surface area contributed by atoms with Crippen molar-refractivity contribution in [2.75, 3.05) is 10.8 Å². The van der Waals surface area contributed by atoms with Gasteiger partial charge in [-0.15, -0.1) is 0 Å². The van der Waals surface area contributed by atoms with E-state index in [1.165, 1.54) is 16.4 Å². The van der Waals surface area contributed by atoms with Crippen LogP contribution < -0.4 is 10.0 Å². The molecule has 0 atom stereocenters. The second-order valence-electron chi connectivity index (χ2n) is 4.91. The molecular formula is C15H15FN2O2S. The first-order valence-corrected chi connectivity index (χ1v) is 8.07. The van der Waals surface area contributed by atoms with Crippen LogP contribution in [0.15, 0.2) is 47.4 Å². The number of rotatable bonds is 3. The van der Waals surface area contributed by atoms with E-state index in [1.807, 2.05) is 12.1 Å². The summed E-state index contributed by atoms with van der Waals surface area (Å²) in [6.07, 6.45) is 0.655. The quantitative estimate of drug-likeness (QED) is 0.944. The van der Waals surface area contributed by atoms with Crippen LogP contribution >= 0.6 is 0 Å². The second kappa shape index (κ2) is 5.13. The van der Waals surface area contributed by atoms with Crippen molar-refractivity contribution in [1.82, 2.24) is 0 Å². The summed E-state index contributed by atoms with van der Waals surface area (Å²) in [7, 11) is -3.80. The third kappa shape index (κ3) is 2.30. The van der Waals surface area contributed by atoms with Gasteiger partial charge in [-0.3, -0.25) is 4.31 Å². The lowest BCUT2D eigenvalue weighted by atomic mass is 10.2. The summed E-state index contributed by atoms with van der Waals surface area (Å²) >= 11 is 0. The molecule has 3 rings (SSSR count). The van der Waals surface area contributed by atoms with Gasteiger partial charge in [0.05, 0.1) is 10.6 Å². The summed E-state index contributed by atoms with van der Waals surface area (Å²) in [6.45, 7) is 0.409. The number of nitrogens with two attached hydrogens (primary N) is 1.